The second kappa shape index (κ2) is 6.97. The maximum absolute atomic E-state index is 11.2. The molecule has 0 aromatic carbocycles. The van der Waals surface area contributed by atoms with Crippen LogP contribution in [0, 0.1) is 0 Å². The van der Waals surface area contributed by atoms with Crippen LogP contribution in [-0.2, 0) is 4.79 Å². The number of hydrogen-bond donors (Lipinski definition) is 1. The average molecular weight is 242 g/mol. The summed E-state index contributed by atoms with van der Waals surface area (Å²) >= 11 is 0. The first-order valence-corrected chi connectivity index (χ1v) is 6.84. The van der Waals surface area contributed by atoms with Crippen molar-refractivity contribution in [3.8, 4) is 0 Å². The summed E-state index contributed by atoms with van der Waals surface area (Å²) in [6.07, 6.45) is 2.80. The zero-order valence-corrected chi connectivity index (χ0v) is 11.4. The molecule has 0 bridgehead atoms. The Morgan fingerprint density at radius 3 is 2.53 bits per heavy atom. The number of hydrogen-bond acceptors (Lipinski definition) is 3. The SMILES string of the molecule is CCCC(C(=O)O)N1CCC(N(CC)CC)C1. The highest BCUT2D eigenvalue weighted by Gasteiger charge is 2.33. The van der Waals surface area contributed by atoms with E-state index in [-0.39, 0.29) is 6.04 Å². The lowest BCUT2D eigenvalue weighted by molar-refractivity contribution is -0.143. The van der Waals surface area contributed by atoms with Crippen LogP contribution in [0.3, 0.4) is 0 Å². The van der Waals surface area contributed by atoms with Crippen LogP contribution in [0.15, 0.2) is 0 Å². The molecule has 1 fully saturated rings. The monoisotopic (exact) mass is 242 g/mol. The molecule has 0 saturated carbocycles. The lowest BCUT2D eigenvalue weighted by atomic mass is 10.1. The largest absolute Gasteiger partial charge is 0.480 e. The number of nitrogens with zero attached hydrogens (tertiary/aromatic N) is 2. The predicted octanol–water partition coefficient (Wildman–Crippen LogP) is 1.66. The van der Waals surface area contributed by atoms with Gasteiger partial charge in [-0.05, 0) is 25.9 Å². The number of carboxylic acid groups (broad SMARTS) is 1. The van der Waals surface area contributed by atoms with Crippen molar-refractivity contribution in [3.63, 3.8) is 0 Å². The Morgan fingerprint density at radius 2 is 2.06 bits per heavy atom. The van der Waals surface area contributed by atoms with Gasteiger partial charge < -0.3 is 5.11 Å². The third-order valence-corrected chi connectivity index (χ3v) is 3.81. The van der Waals surface area contributed by atoms with Gasteiger partial charge in [0, 0.05) is 19.1 Å². The fourth-order valence-corrected chi connectivity index (χ4v) is 2.82. The molecule has 0 amide bonds. The van der Waals surface area contributed by atoms with Crippen LogP contribution in [0.1, 0.15) is 40.0 Å². The number of carboxylic acids is 1. The van der Waals surface area contributed by atoms with E-state index in [1.807, 2.05) is 6.92 Å². The maximum Gasteiger partial charge on any atom is 0.320 e. The molecule has 0 aliphatic carbocycles. The van der Waals surface area contributed by atoms with E-state index in [9.17, 15) is 9.90 Å². The molecular formula is C13H26N2O2. The van der Waals surface area contributed by atoms with Gasteiger partial charge in [0.25, 0.3) is 0 Å². The van der Waals surface area contributed by atoms with Gasteiger partial charge in [-0.15, -0.1) is 0 Å². The fraction of sp³-hybridized carbons (Fsp3) is 0.923. The van der Waals surface area contributed by atoms with E-state index in [0.29, 0.717) is 6.04 Å². The van der Waals surface area contributed by atoms with Gasteiger partial charge in [-0.1, -0.05) is 27.2 Å². The van der Waals surface area contributed by atoms with Crippen LogP contribution in [0.25, 0.3) is 0 Å². The van der Waals surface area contributed by atoms with Gasteiger partial charge in [0.1, 0.15) is 6.04 Å². The van der Waals surface area contributed by atoms with Crippen LogP contribution >= 0.6 is 0 Å². The summed E-state index contributed by atoms with van der Waals surface area (Å²) in [5.74, 6) is -0.660. The number of carbonyl (C=O) groups is 1. The van der Waals surface area contributed by atoms with Gasteiger partial charge in [-0.25, -0.2) is 0 Å². The van der Waals surface area contributed by atoms with E-state index in [1.165, 1.54) is 0 Å². The third-order valence-electron chi connectivity index (χ3n) is 3.81. The Bertz CT molecular complexity index is 242. The van der Waals surface area contributed by atoms with E-state index >= 15 is 0 Å². The number of likely N-dealkylation sites (tertiary alicyclic amines) is 1. The Labute approximate surface area is 105 Å². The van der Waals surface area contributed by atoms with Gasteiger partial charge in [-0.3, -0.25) is 14.6 Å². The first kappa shape index (κ1) is 14.5. The van der Waals surface area contributed by atoms with Crippen molar-refractivity contribution in [1.29, 1.82) is 0 Å². The predicted molar refractivity (Wildman–Crippen MR) is 69.2 cm³/mol. The first-order valence-electron chi connectivity index (χ1n) is 6.84. The molecule has 4 heteroatoms. The maximum atomic E-state index is 11.2. The Balaban J connectivity index is 2.55. The quantitative estimate of drug-likeness (QED) is 0.737. The summed E-state index contributed by atoms with van der Waals surface area (Å²) in [5.41, 5.74) is 0. The molecule has 1 aliphatic heterocycles. The van der Waals surface area contributed by atoms with Crippen LogP contribution in [-0.4, -0.2) is 59.1 Å². The molecular weight excluding hydrogens is 216 g/mol. The zero-order valence-electron chi connectivity index (χ0n) is 11.4. The number of aliphatic carboxylic acids is 1. The smallest absolute Gasteiger partial charge is 0.320 e. The molecule has 1 saturated heterocycles. The lowest BCUT2D eigenvalue weighted by Gasteiger charge is -2.28. The summed E-state index contributed by atoms with van der Waals surface area (Å²) in [6.45, 7) is 10.4. The second-order valence-electron chi connectivity index (χ2n) is 4.80. The molecule has 1 N–H and O–H groups in total. The highest BCUT2D eigenvalue weighted by molar-refractivity contribution is 5.73. The molecule has 2 unspecified atom stereocenters. The van der Waals surface area contributed by atoms with E-state index in [0.717, 1.165) is 45.4 Å². The molecule has 4 nitrogen and oxygen atoms in total. The summed E-state index contributed by atoms with van der Waals surface area (Å²) < 4.78 is 0. The van der Waals surface area contributed by atoms with Crippen molar-refractivity contribution in [2.45, 2.75) is 52.1 Å². The summed E-state index contributed by atoms with van der Waals surface area (Å²) in [4.78, 5) is 15.8. The molecule has 1 aliphatic rings. The lowest BCUT2D eigenvalue weighted by Crippen LogP contribution is -2.43. The van der Waals surface area contributed by atoms with Crippen LogP contribution < -0.4 is 0 Å². The van der Waals surface area contributed by atoms with Crippen molar-refractivity contribution in [2.75, 3.05) is 26.2 Å². The van der Waals surface area contributed by atoms with E-state index in [4.69, 9.17) is 0 Å². The van der Waals surface area contributed by atoms with Gasteiger partial charge >= 0.3 is 5.97 Å². The minimum atomic E-state index is -0.660. The Morgan fingerprint density at radius 1 is 1.41 bits per heavy atom. The van der Waals surface area contributed by atoms with Gasteiger partial charge in [0.2, 0.25) is 0 Å². The Hall–Kier alpha value is -0.610. The van der Waals surface area contributed by atoms with Gasteiger partial charge in [-0.2, -0.15) is 0 Å². The molecule has 2 atom stereocenters. The van der Waals surface area contributed by atoms with Crippen molar-refractivity contribution < 1.29 is 9.90 Å². The summed E-state index contributed by atoms with van der Waals surface area (Å²) in [5, 5.41) is 9.25. The van der Waals surface area contributed by atoms with E-state index in [2.05, 4.69) is 23.6 Å². The minimum absolute atomic E-state index is 0.277. The topological polar surface area (TPSA) is 43.8 Å². The van der Waals surface area contributed by atoms with E-state index in [1.54, 1.807) is 0 Å². The second-order valence-corrected chi connectivity index (χ2v) is 4.80. The van der Waals surface area contributed by atoms with Crippen molar-refractivity contribution in [1.82, 2.24) is 9.80 Å². The van der Waals surface area contributed by atoms with Crippen molar-refractivity contribution in [2.24, 2.45) is 0 Å². The van der Waals surface area contributed by atoms with Crippen LogP contribution in [0.2, 0.25) is 0 Å². The molecule has 0 radical (unpaired) electrons. The standard InChI is InChI=1S/C13H26N2O2/c1-4-7-12(13(16)17)15-9-8-11(10-15)14(5-2)6-3/h11-12H,4-10H2,1-3H3,(H,16,17). The van der Waals surface area contributed by atoms with Crippen LogP contribution in [0.5, 0.6) is 0 Å². The minimum Gasteiger partial charge on any atom is -0.480 e. The van der Waals surface area contributed by atoms with Crippen molar-refractivity contribution in [3.05, 3.63) is 0 Å². The van der Waals surface area contributed by atoms with Crippen molar-refractivity contribution >= 4 is 5.97 Å². The fourth-order valence-electron chi connectivity index (χ4n) is 2.82. The van der Waals surface area contributed by atoms with Crippen LogP contribution in [0.4, 0.5) is 0 Å². The number of rotatable bonds is 7. The first-order chi connectivity index (χ1) is 8.13. The number of likely N-dealkylation sites (N-methyl/N-ethyl adjacent to an activating group) is 1. The third kappa shape index (κ3) is 3.68. The highest BCUT2D eigenvalue weighted by atomic mass is 16.4. The zero-order chi connectivity index (χ0) is 12.8. The highest BCUT2D eigenvalue weighted by Crippen LogP contribution is 2.20. The Kier molecular flexibility index (Phi) is 5.92. The molecule has 0 spiro atoms. The molecule has 0 aromatic heterocycles. The van der Waals surface area contributed by atoms with E-state index < -0.39 is 5.97 Å². The average Bonchev–Trinajstić information content (AvgIpc) is 2.76. The molecule has 0 aromatic rings. The summed E-state index contributed by atoms with van der Waals surface area (Å²) in [7, 11) is 0. The normalized spacial score (nSPS) is 23.2. The molecule has 1 rings (SSSR count). The van der Waals surface area contributed by atoms with Gasteiger partial charge in [0.05, 0.1) is 0 Å². The van der Waals surface area contributed by atoms with Gasteiger partial charge in [0.15, 0.2) is 0 Å². The molecule has 17 heavy (non-hydrogen) atoms. The summed E-state index contributed by atoms with van der Waals surface area (Å²) in [6, 6.07) is 0.268. The molecule has 100 valence electrons. The molecule has 1 heterocycles.